The topological polar surface area (TPSA) is 109 Å². The molecule has 0 heterocycles. The van der Waals surface area contributed by atoms with E-state index in [4.69, 9.17) is 9.47 Å². The van der Waals surface area contributed by atoms with E-state index in [9.17, 15) is 14.7 Å². The molecule has 10 heteroatoms. The van der Waals surface area contributed by atoms with E-state index >= 15 is 0 Å². The van der Waals surface area contributed by atoms with Crippen molar-refractivity contribution in [3.05, 3.63) is 80.7 Å². The zero-order valence-corrected chi connectivity index (χ0v) is 20.5. The number of nitrogens with one attached hydrogen (secondary N) is 2. The Bertz CT molecular complexity index is 1180. The summed E-state index contributed by atoms with van der Waals surface area (Å²) in [6.07, 6.45) is 1.44. The van der Waals surface area contributed by atoms with Crippen LogP contribution >= 0.6 is 31.9 Å². The standard InChI is InChI=1S/C23H19Br2N3O5/c1-32-20-5-3-2-4-19(20)27-21(29)13-33-16-8-6-14(7-9-16)12-26-28-23(31)17-10-15(24)11-18(25)22(17)30/h2-12,30H,13H2,1H3,(H,27,29)(H,28,31)/b26-12-. The molecule has 0 aromatic heterocycles. The minimum atomic E-state index is -0.563. The van der Waals surface area contributed by atoms with Gasteiger partial charge in [-0.1, -0.05) is 28.1 Å². The van der Waals surface area contributed by atoms with Gasteiger partial charge >= 0.3 is 0 Å². The van der Waals surface area contributed by atoms with Gasteiger partial charge in [-0.25, -0.2) is 5.43 Å². The highest BCUT2D eigenvalue weighted by atomic mass is 79.9. The molecule has 8 nitrogen and oxygen atoms in total. The molecule has 3 rings (SSSR count). The van der Waals surface area contributed by atoms with Crippen molar-refractivity contribution >= 4 is 55.6 Å². The first-order chi connectivity index (χ1) is 15.9. The first-order valence-corrected chi connectivity index (χ1v) is 11.1. The summed E-state index contributed by atoms with van der Waals surface area (Å²) < 4.78 is 11.7. The second-order valence-electron chi connectivity index (χ2n) is 6.59. The number of aromatic hydroxyl groups is 1. The molecule has 3 aromatic carbocycles. The highest BCUT2D eigenvalue weighted by molar-refractivity contribution is 9.11. The number of halogens is 2. The molecule has 170 valence electrons. The number of amides is 2. The van der Waals surface area contributed by atoms with Gasteiger partial charge in [-0.3, -0.25) is 9.59 Å². The van der Waals surface area contributed by atoms with Crippen molar-refractivity contribution in [1.29, 1.82) is 0 Å². The number of carbonyl (C=O) groups excluding carboxylic acids is 2. The minimum Gasteiger partial charge on any atom is -0.506 e. The lowest BCUT2D eigenvalue weighted by Crippen LogP contribution is -2.20. The molecule has 0 spiro atoms. The lowest BCUT2D eigenvalue weighted by Gasteiger charge is -2.10. The number of para-hydroxylation sites is 2. The first-order valence-electron chi connectivity index (χ1n) is 9.54. The Balaban J connectivity index is 1.51. The van der Waals surface area contributed by atoms with Crippen LogP contribution in [-0.2, 0) is 4.79 Å². The number of carbonyl (C=O) groups is 2. The van der Waals surface area contributed by atoms with Gasteiger partial charge in [-0.2, -0.15) is 5.10 Å². The van der Waals surface area contributed by atoms with E-state index in [2.05, 4.69) is 47.7 Å². The normalized spacial score (nSPS) is 10.6. The molecule has 3 N–H and O–H groups in total. The lowest BCUT2D eigenvalue weighted by molar-refractivity contribution is -0.118. The van der Waals surface area contributed by atoms with E-state index in [1.807, 2.05) is 6.07 Å². The van der Waals surface area contributed by atoms with Gasteiger partial charge in [0.25, 0.3) is 11.8 Å². The smallest absolute Gasteiger partial charge is 0.275 e. The van der Waals surface area contributed by atoms with Crippen LogP contribution in [0.5, 0.6) is 17.2 Å². The van der Waals surface area contributed by atoms with Crippen molar-refractivity contribution in [2.45, 2.75) is 0 Å². The molecule has 0 bridgehead atoms. The molecule has 3 aromatic rings. The summed E-state index contributed by atoms with van der Waals surface area (Å²) in [5.41, 5.74) is 3.69. The summed E-state index contributed by atoms with van der Waals surface area (Å²) in [4.78, 5) is 24.4. The Morgan fingerprint density at radius 2 is 1.82 bits per heavy atom. The fraction of sp³-hybridized carbons (Fsp3) is 0.0870. The van der Waals surface area contributed by atoms with Crippen molar-refractivity contribution in [3.63, 3.8) is 0 Å². The van der Waals surface area contributed by atoms with E-state index in [0.717, 1.165) is 0 Å². The predicted octanol–water partition coefficient (Wildman–Crippen LogP) is 4.71. The number of anilines is 1. The molecule has 0 saturated heterocycles. The van der Waals surface area contributed by atoms with Gasteiger partial charge in [0.2, 0.25) is 0 Å². The van der Waals surface area contributed by atoms with Gasteiger partial charge in [-0.15, -0.1) is 0 Å². The fourth-order valence-electron chi connectivity index (χ4n) is 2.70. The Morgan fingerprint density at radius 3 is 2.55 bits per heavy atom. The van der Waals surface area contributed by atoms with E-state index in [1.165, 1.54) is 19.4 Å². The zero-order chi connectivity index (χ0) is 23.8. The third-order valence-corrected chi connectivity index (χ3v) is 5.35. The predicted molar refractivity (Wildman–Crippen MR) is 132 cm³/mol. The molecule has 0 unspecified atom stereocenters. The van der Waals surface area contributed by atoms with Crippen molar-refractivity contribution in [1.82, 2.24) is 5.43 Å². The molecule has 33 heavy (non-hydrogen) atoms. The van der Waals surface area contributed by atoms with Gasteiger partial charge in [-0.05, 0) is 70.0 Å². The number of nitrogens with zero attached hydrogens (tertiary/aromatic N) is 1. The Hall–Kier alpha value is -3.37. The van der Waals surface area contributed by atoms with Gasteiger partial charge in [0, 0.05) is 4.47 Å². The van der Waals surface area contributed by atoms with Crippen LogP contribution in [0.1, 0.15) is 15.9 Å². The van der Waals surface area contributed by atoms with Crippen LogP contribution in [0, 0.1) is 0 Å². The lowest BCUT2D eigenvalue weighted by atomic mass is 10.2. The fourth-order valence-corrected chi connectivity index (χ4v) is 3.92. The maximum absolute atomic E-state index is 12.2. The summed E-state index contributed by atoms with van der Waals surface area (Å²) in [5, 5.41) is 16.6. The minimum absolute atomic E-state index is 0.0727. The quantitative estimate of drug-likeness (QED) is 0.266. The third kappa shape index (κ3) is 6.80. The number of hydrogen-bond acceptors (Lipinski definition) is 6. The maximum Gasteiger partial charge on any atom is 0.275 e. The maximum atomic E-state index is 12.2. The SMILES string of the molecule is COc1ccccc1NC(=O)COc1ccc(/C=N\NC(=O)c2cc(Br)cc(Br)c2O)cc1. The largest absolute Gasteiger partial charge is 0.506 e. The molecule has 0 atom stereocenters. The molecular formula is C23H19Br2N3O5. The molecule has 0 aliphatic carbocycles. The molecule has 2 amide bonds. The van der Waals surface area contributed by atoms with Crippen molar-refractivity contribution < 1.29 is 24.2 Å². The number of ether oxygens (including phenoxy) is 2. The third-order valence-electron chi connectivity index (χ3n) is 4.28. The summed E-state index contributed by atoms with van der Waals surface area (Å²) >= 11 is 6.45. The molecular weight excluding hydrogens is 558 g/mol. The molecule has 0 aliphatic rings. The highest BCUT2D eigenvalue weighted by Crippen LogP contribution is 2.31. The number of hydrazone groups is 1. The van der Waals surface area contributed by atoms with Crippen LogP contribution in [0.3, 0.4) is 0 Å². The number of phenols is 1. The van der Waals surface area contributed by atoms with E-state index in [-0.39, 0.29) is 23.8 Å². The summed E-state index contributed by atoms with van der Waals surface area (Å²) in [6.45, 7) is -0.173. The van der Waals surface area contributed by atoms with Crippen molar-refractivity contribution in [3.8, 4) is 17.2 Å². The van der Waals surface area contributed by atoms with Crippen LogP contribution in [-0.4, -0.2) is 36.9 Å². The second-order valence-corrected chi connectivity index (χ2v) is 8.36. The summed E-state index contributed by atoms with van der Waals surface area (Å²) in [7, 11) is 1.53. The molecule has 0 saturated carbocycles. The van der Waals surface area contributed by atoms with Crippen molar-refractivity contribution in [2.75, 3.05) is 19.0 Å². The van der Waals surface area contributed by atoms with Crippen LogP contribution < -0.4 is 20.2 Å². The Kier molecular flexibility index (Phi) is 8.45. The van der Waals surface area contributed by atoms with Gasteiger partial charge in [0.1, 0.15) is 17.2 Å². The van der Waals surface area contributed by atoms with Crippen molar-refractivity contribution in [2.24, 2.45) is 5.10 Å². The monoisotopic (exact) mass is 575 g/mol. The average Bonchev–Trinajstić information content (AvgIpc) is 2.81. The number of benzene rings is 3. The van der Waals surface area contributed by atoms with Crippen LogP contribution in [0.4, 0.5) is 5.69 Å². The Morgan fingerprint density at radius 1 is 1.09 bits per heavy atom. The van der Waals surface area contributed by atoms with E-state index in [0.29, 0.717) is 31.7 Å². The summed E-state index contributed by atoms with van der Waals surface area (Å²) in [6, 6.07) is 17.0. The van der Waals surface area contributed by atoms with Gasteiger partial charge < -0.3 is 19.9 Å². The van der Waals surface area contributed by atoms with Crippen LogP contribution in [0.15, 0.2) is 74.7 Å². The highest BCUT2D eigenvalue weighted by Gasteiger charge is 2.14. The van der Waals surface area contributed by atoms with Gasteiger partial charge in [0.05, 0.1) is 29.0 Å². The van der Waals surface area contributed by atoms with Crippen LogP contribution in [0.2, 0.25) is 0 Å². The molecule has 0 fully saturated rings. The van der Waals surface area contributed by atoms with Crippen LogP contribution in [0.25, 0.3) is 0 Å². The molecule has 0 radical (unpaired) electrons. The van der Waals surface area contributed by atoms with E-state index in [1.54, 1.807) is 48.5 Å². The number of phenolic OH excluding ortho intramolecular Hbond substituents is 1. The number of methoxy groups -OCH3 is 1. The summed E-state index contributed by atoms with van der Waals surface area (Å²) in [5.74, 6) is -0.0104. The zero-order valence-electron chi connectivity index (χ0n) is 17.3. The number of hydrogen-bond donors (Lipinski definition) is 3. The average molecular weight is 577 g/mol. The first kappa shape index (κ1) is 24.3. The Labute approximate surface area is 206 Å². The van der Waals surface area contributed by atoms with E-state index < -0.39 is 5.91 Å². The van der Waals surface area contributed by atoms with Gasteiger partial charge in [0.15, 0.2) is 6.61 Å². The molecule has 0 aliphatic heterocycles. The second kappa shape index (κ2) is 11.5. The number of rotatable bonds is 8.